The number of fused-ring (bicyclic) bond motifs is 1. The molecule has 3 heteroatoms. The van der Waals surface area contributed by atoms with Gasteiger partial charge in [0.05, 0.1) is 5.92 Å². The maximum absolute atomic E-state index is 12.3. The van der Waals surface area contributed by atoms with Crippen molar-refractivity contribution in [3.8, 4) is 0 Å². The third-order valence-electron chi connectivity index (χ3n) is 4.96. The first-order valence-corrected chi connectivity index (χ1v) is 8.42. The Bertz CT molecular complexity index is 480. The van der Waals surface area contributed by atoms with Crippen molar-refractivity contribution < 1.29 is 4.79 Å². The summed E-state index contributed by atoms with van der Waals surface area (Å²) in [6, 6.07) is 8.28. The molecule has 114 valence electrons. The highest BCUT2D eigenvalue weighted by Gasteiger charge is 2.23. The molecule has 1 atom stereocenters. The van der Waals surface area contributed by atoms with E-state index in [-0.39, 0.29) is 11.8 Å². The van der Waals surface area contributed by atoms with Crippen molar-refractivity contribution in [1.29, 1.82) is 0 Å². The van der Waals surface area contributed by atoms with Crippen LogP contribution in [0.15, 0.2) is 24.3 Å². The largest absolute Gasteiger partial charge is 0.384 e. The third kappa shape index (κ3) is 3.78. The summed E-state index contributed by atoms with van der Waals surface area (Å²) in [6.45, 7) is 1.60. The van der Waals surface area contributed by atoms with Gasteiger partial charge < -0.3 is 10.6 Å². The Hall–Kier alpha value is -1.51. The second kappa shape index (κ2) is 6.97. The number of carbonyl (C=O) groups is 1. The number of hydrogen-bond acceptors (Lipinski definition) is 2. The highest BCUT2D eigenvalue weighted by atomic mass is 16.1. The number of carbonyl (C=O) groups excluding carboxylic acids is 1. The van der Waals surface area contributed by atoms with Gasteiger partial charge in [-0.15, -0.1) is 0 Å². The minimum absolute atomic E-state index is 0.0754. The van der Waals surface area contributed by atoms with Crippen molar-refractivity contribution in [2.24, 2.45) is 11.8 Å². The van der Waals surface area contributed by atoms with E-state index in [9.17, 15) is 4.79 Å². The average Bonchev–Trinajstić information content (AvgIpc) is 3.04. The topological polar surface area (TPSA) is 41.1 Å². The van der Waals surface area contributed by atoms with Crippen LogP contribution in [0.5, 0.6) is 0 Å². The zero-order chi connectivity index (χ0) is 14.5. The highest BCUT2D eigenvalue weighted by molar-refractivity contribution is 5.80. The van der Waals surface area contributed by atoms with Crippen LogP contribution in [0.2, 0.25) is 0 Å². The van der Waals surface area contributed by atoms with E-state index in [0.29, 0.717) is 0 Å². The van der Waals surface area contributed by atoms with E-state index in [1.165, 1.54) is 43.4 Å². The molecule has 3 nitrogen and oxygen atoms in total. The van der Waals surface area contributed by atoms with Crippen LogP contribution < -0.4 is 10.6 Å². The lowest BCUT2D eigenvalue weighted by Gasteiger charge is -2.25. The summed E-state index contributed by atoms with van der Waals surface area (Å²) < 4.78 is 0. The number of amides is 1. The third-order valence-corrected chi connectivity index (χ3v) is 4.96. The van der Waals surface area contributed by atoms with Crippen LogP contribution in [0, 0.1) is 11.8 Å². The fraction of sp³-hybridized carbons (Fsp3) is 0.611. The Labute approximate surface area is 127 Å². The van der Waals surface area contributed by atoms with Crippen LogP contribution in [0.4, 0.5) is 5.69 Å². The number of para-hydroxylation sites is 1. The number of rotatable bonds is 5. The summed E-state index contributed by atoms with van der Waals surface area (Å²) in [6.07, 6.45) is 8.89. The lowest BCUT2D eigenvalue weighted by Crippen LogP contribution is -2.38. The van der Waals surface area contributed by atoms with Gasteiger partial charge in [-0.2, -0.15) is 0 Å². The van der Waals surface area contributed by atoms with Gasteiger partial charge >= 0.3 is 0 Å². The minimum Gasteiger partial charge on any atom is -0.384 e. The van der Waals surface area contributed by atoms with Crippen molar-refractivity contribution >= 4 is 11.6 Å². The second-order valence-electron chi connectivity index (χ2n) is 6.52. The molecule has 1 heterocycles. The summed E-state index contributed by atoms with van der Waals surface area (Å²) in [7, 11) is 0. The zero-order valence-electron chi connectivity index (χ0n) is 12.7. The first-order valence-electron chi connectivity index (χ1n) is 8.42. The summed E-state index contributed by atoms with van der Waals surface area (Å²) in [4.78, 5) is 12.3. The molecule has 2 aliphatic rings. The Balaban J connectivity index is 1.40. The van der Waals surface area contributed by atoms with Gasteiger partial charge in [-0.25, -0.2) is 0 Å². The maximum atomic E-state index is 12.3. The molecule has 1 aliphatic heterocycles. The van der Waals surface area contributed by atoms with Gasteiger partial charge in [0.25, 0.3) is 0 Å². The summed E-state index contributed by atoms with van der Waals surface area (Å²) in [5, 5.41) is 6.50. The van der Waals surface area contributed by atoms with Gasteiger partial charge in [0.2, 0.25) is 5.91 Å². The van der Waals surface area contributed by atoms with Gasteiger partial charge in [-0.1, -0.05) is 43.9 Å². The molecule has 1 fully saturated rings. The molecule has 1 aliphatic carbocycles. The lowest BCUT2D eigenvalue weighted by molar-refractivity contribution is -0.124. The Morgan fingerprint density at radius 3 is 2.90 bits per heavy atom. The summed E-state index contributed by atoms with van der Waals surface area (Å²) in [5.74, 6) is 1.21. The van der Waals surface area contributed by atoms with Gasteiger partial charge in [0.15, 0.2) is 0 Å². The van der Waals surface area contributed by atoms with E-state index >= 15 is 0 Å². The molecule has 0 spiro atoms. The summed E-state index contributed by atoms with van der Waals surface area (Å²) >= 11 is 0. The molecule has 1 unspecified atom stereocenters. The van der Waals surface area contributed by atoms with Crippen molar-refractivity contribution in [2.75, 3.05) is 18.4 Å². The predicted molar refractivity (Wildman–Crippen MR) is 86.3 cm³/mol. The van der Waals surface area contributed by atoms with Crippen molar-refractivity contribution in [3.63, 3.8) is 0 Å². The molecular formula is C18H26N2O. The van der Waals surface area contributed by atoms with Crippen LogP contribution in [0.25, 0.3) is 0 Å². The van der Waals surface area contributed by atoms with Gasteiger partial charge in [0, 0.05) is 18.8 Å². The number of anilines is 1. The molecule has 1 aromatic carbocycles. The first-order chi connectivity index (χ1) is 10.3. The molecule has 0 bridgehead atoms. The van der Waals surface area contributed by atoms with E-state index in [1.54, 1.807) is 0 Å². The highest BCUT2D eigenvalue weighted by Crippen LogP contribution is 2.28. The Kier molecular flexibility index (Phi) is 4.79. The fourth-order valence-corrected chi connectivity index (χ4v) is 3.67. The predicted octanol–water partition coefficient (Wildman–Crippen LogP) is 3.36. The summed E-state index contributed by atoms with van der Waals surface area (Å²) in [5.41, 5.74) is 2.44. The van der Waals surface area contributed by atoms with Gasteiger partial charge in [0.1, 0.15) is 0 Å². The Morgan fingerprint density at radius 2 is 2.05 bits per heavy atom. The molecular weight excluding hydrogens is 260 g/mol. The quantitative estimate of drug-likeness (QED) is 0.815. The van der Waals surface area contributed by atoms with Crippen LogP contribution in [0.1, 0.15) is 44.1 Å². The normalized spacial score (nSPS) is 21.6. The van der Waals surface area contributed by atoms with E-state index in [4.69, 9.17) is 0 Å². The molecule has 21 heavy (non-hydrogen) atoms. The molecule has 1 aromatic rings. The first kappa shape index (κ1) is 14.4. The molecule has 3 rings (SSSR count). The minimum atomic E-state index is 0.0754. The lowest BCUT2D eigenvalue weighted by atomic mass is 9.93. The molecule has 0 saturated heterocycles. The van der Waals surface area contributed by atoms with Crippen molar-refractivity contribution in [1.82, 2.24) is 5.32 Å². The number of nitrogens with one attached hydrogen (secondary N) is 2. The average molecular weight is 286 g/mol. The zero-order valence-corrected chi connectivity index (χ0v) is 12.7. The second-order valence-corrected chi connectivity index (χ2v) is 6.52. The van der Waals surface area contributed by atoms with E-state index in [0.717, 1.165) is 31.8 Å². The smallest absolute Gasteiger partial charge is 0.225 e. The van der Waals surface area contributed by atoms with Crippen LogP contribution in [-0.2, 0) is 11.2 Å². The monoisotopic (exact) mass is 286 g/mol. The Morgan fingerprint density at radius 1 is 1.24 bits per heavy atom. The molecule has 2 N–H and O–H groups in total. The molecule has 0 aromatic heterocycles. The van der Waals surface area contributed by atoms with E-state index in [1.807, 2.05) is 12.1 Å². The molecule has 1 amide bonds. The van der Waals surface area contributed by atoms with Crippen LogP contribution in [-0.4, -0.2) is 19.0 Å². The van der Waals surface area contributed by atoms with Crippen LogP contribution in [0.3, 0.4) is 0 Å². The van der Waals surface area contributed by atoms with Crippen molar-refractivity contribution in [3.05, 3.63) is 29.8 Å². The molecule has 1 saturated carbocycles. The number of benzene rings is 1. The number of hydrogen-bond donors (Lipinski definition) is 2. The van der Waals surface area contributed by atoms with Gasteiger partial charge in [-0.05, 0) is 36.8 Å². The van der Waals surface area contributed by atoms with E-state index < -0.39 is 0 Å². The van der Waals surface area contributed by atoms with Gasteiger partial charge in [-0.3, -0.25) is 4.79 Å². The van der Waals surface area contributed by atoms with Crippen LogP contribution >= 0.6 is 0 Å². The maximum Gasteiger partial charge on any atom is 0.225 e. The van der Waals surface area contributed by atoms with Crippen molar-refractivity contribution in [2.45, 2.75) is 44.9 Å². The fourth-order valence-electron chi connectivity index (χ4n) is 3.67. The molecule has 0 radical (unpaired) electrons. The standard InChI is InChI=1S/C18H26N2O/c21-18(19-11-5-8-14-6-1-2-7-14)16-12-15-9-3-4-10-17(15)20-13-16/h3-4,9-10,14,16,20H,1-2,5-8,11-13H2,(H,19,21). The van der Waals surface area contributed by atoms with E-state index in [2.05, 4.69) is 22.8 Å². The SMILES string of the molecule is O=C(NCCCC1CCCC1)C1CNc2ccccc2C1.